The zero-order valence-electron chi connectivity index (χ0n) is 24.2. The molecule has 0 aromatic heterocycles. The van der Waals surface area contributed by atoms with Crippen LogP contribution >= 0.6 is 0 Å². The summed E-state index contributed by atoms with van der Waals surface area (Å²) in [6.07, 6.45) is -10.0. The minimum absolute atomic E-state index is 0.0631. The van der Waals surface area contributed by atoms with E-state index in [0.29, 0.717) is 49.8 Å². The molecule has 0 saturated carbocycles. The Morgan fingerprint density at radius 1 is 1.05 bits per heavy atom. The van der Waals surface area contributed by atoms with E-state index in [4.69, 9.17) is 14.2 Å². The maximum absolute atomic E-state index is 13.5. The maximum Gasteiger partial charge on any atom is 0.416 e. The molecular formula is C31H32F6N2O4. The summed E-state index contributed by atoms with van der Waals surface area (Å²) >= 11 is 0. The SMILES string of the molecule is COc1ccc(C2=NCCO2)cc1C1=C(CN2C(=O)OC(c3cc(C(F)(F)F)cc(C(F)(F)F)c3)C2C)CC(C)(C)CC1. The second kappa shape index (κ2) is 11.1. The van der Waals surface area contributed by atoms with Gasteiger partial charge in [0.2, 0.25) is 5.90 Å². The van der Waals surface area contributed by atoms with Crippen LogP contribution in [0, 0.1) is 5.41 Å². The molecule has 12 heteroatoms. The molecule has 0 bridgehead atoms. The molecule has 6 nitrogen and oxygen atoms in total. The summed E-state index contributed by atoms with van der Waals surface area (Å²) in [4.78, 5) is 18.9. The quantitative estimate of drug-likeness (QED) is 0.311. The average molecular weight is 611 g/mol. The maximum atomic E-state index is 13.5. The van der Waals surface area contributed by atoms with Crippen LogP contribution in [0.2, 0.25) is 0 Å². The van der Waals surface area contributed by atoms with E-state index < -0.39 is 41.7 Å². The highest BCUT2D eigenvalue weighted by molar-refractivity contribution is 5.96. The monoisotopic (exact) mass is 610 g/mol. The van der Waals surface area contributed by atoms with E-state index in [1.165, 1.54) is 4.90 Å². The van der Waals surface area contributed by atoms with Crippen LogP contribution in [0.3, 0.4) is 0 Å². The number of hydrogen-bond donors (Lipinski definition) is 0. The van der Waals surface area contributed by atoms with E-state index in [-0.39, 0.29) is 23.6 Å². The van der Waals surface area contributed by atoms with Crippen molar-refractivity contribution >= 4 is 17.6 Å². The van der Waals surface area contributed by atoms with E-state index in [9.17, 15) is 31.1 Å². The van der Waals surface area contributed by atoms with Crippen LogP contribution in [0.25, 0.3) is 5.57 Å². The number of allylic oxidation sites excluding steroid dienone is 1. The van der Waals surface area contributed by atoms with Crippen LogP contribution in [-0.2, 0) is 21.8 Å². The van der Waals surface area contributed by atoms with Crippen LogP contribution in [-0.4, -0.2) is 49.7 Å². The second-order valence-electron chi connectivity index (χ2n) is 11.9. The van der Waals surface area contributed by atoms with Crippen molar-refractivity contribution in [1.29, 1.82) is 0 Å². The molecule has 0 spiro atoms. The van der Waals surface area contributed by atoms with Gasteiger partial charge in [0.1, 0.15) is 18.5 Å². The predicted octanol–water partition coefficient (Wildman–Crippen LogP) is 8.06. The lowest BCUT2D eigenvalue weighted by atomic mass is 9.72. The number of ether oxygens (including phenoxy) is 3. The summed E-state index contributed by atoms with van der Waals surface area (Å²) < 4.78 is 98.0. The Hall–Kier alpha value is -3.70. The van der Waals surface area contributed by atoms with Crippen LogP contribution in [0.5, 0.6) is 5.75 Å². The van der Waals surface area contributed by atoms with Gasteiger partial charge in [-0.15, -0.1) is 0 Å². The number of aliphatic imine (C=N–C) groups is 1. The fraction of sp³-hybridized carbons (Fsp3) is 0.484. The van der Waals surface area contributed by atoms with E-state index >= 15 is 0 Å². The third-order valence-electron chi connectivity index (χ3n) is 8.22. The highest BCUT2D eigenvalue weighted by atomic mass is 19.4. The lowest BCUT2D eigenvalue weighted by molar-refractivity contribution is -0.143. The number of amides is 1. The fourth-order valence-corrected chi connectivity index (χ4v) is 5.98. The lowest BCUT2D eigenvalue weighted by Crippen LogP contribution is -2.35. The number of hydrogen-bond acceptors (Lipinski definition) is 5. The van der Waals surface area contributed by atoms with Gasteiger partial charge in [0.25, 0.3) is 0 Å². The molecule has 43 heavy (non-hydrogen) atoms. The molecule has 0 radical (unpaired) electrons. The summed E-state index contributed by atoms with van der Waals surface area (Å²) in [7, 11) is 1.56. The smallest absolute Gasteiger partial charge is 0.416 e. The van der Waals surface area contributed by atoms with Crippen LogP contribution in [0.1, 0.15) is 74.0 Å². The zero-order valence-corrected chi connectivity index (χ0v) is 24.2. The number of benzene rings is 2. The van der Waals surface area contributed by atoms with Crippen molar-refractivity contribution in [3.05, 3.63) is 69.8 Å². The molecule has 1 saturated heterocycles. The highest BCUT2D eigenvalue weighted by Gasteiger charge is 2.44. The van der Waals surface area contributed by atoms with Crippen molar-refractivity contribution in [3.63, 3.8) is 0 Å². The molecule has 2 aliphatic heterocycles. The number of rotatable bonds is 6. The van der Waals surface area contributed by atoms with Gasteiger partial charge in [-0.2, -0.15) is 26.3 Å². The highest BCUT2D eigenvalue weighted by Crippen LogP contribution is 2.46. The number of carbonyl (C=O) groups excluding carboxylic acids is 1. The predicted molar refractivity (Wildman–Crippen MR) is 147 cm³/mol. The van der Waals surface area contributed by atoms with Gasteiger partial charge in [0, 0.05) is 17.7 Å². The zero-order chi connectivity index (χ0) is 31.3. The number of carbonyl (C=O) groups is 1. The third kappa shape index (κ3) is 6.33. The molecule has 5 rings (SSSR count). The lowest BCUT2D eigenvalue weighted by Gasteiger charge is -2.36. The van der Waals surface area contributed by atoms with Crippen molar-refractivity contribution in [2.24, 2.45) is 10.4 Å². The Kier molecular flexibility index (Phi) is 7.93. The summed E-state index contributed by atoms with van der Waals surface area (Å²) in [6, 6.07) is 6.07. The Balaban J connectivity index is 1.52. The largest absolute Gasteiger partial charge is 0.496 e. The molecule has 1 aliphatic carbocycles. The van der Waals surface area contributed by atoms with Gasteiger partial charge in [-0.3, -0.25) is 4.90 Å². The van der Waals surface area contributed by atoms with Crippen molar-refractivity contribution in [2.45, 2.75) is 64.5 Å². The summed E-state index contributed by atoms with van der Waals surface area (Å²) in [5, 5.41) is 0. The van der Waals surface area contributed by atoms with Crippen molar-refractivity contribution in [3.8, 4) is 5.75 Å². The van der Waals surface area contributed by atoms with Gasteiger partial charge in [0.05, 0.1) is 30.8 Å². The number of nitrogens with zero attached hydrogens (tertiary/aromatic N) is 2. The van der Waals surface area contributed by atoms with Crippen LogP contribution in [0.4, 0.5) is 31.1 Å². The first-order valence-electron chi connectivity index (χ1n) is 13.9. The molecule has 3 aliphatic rings. The minimum atomic E-state index is -5.02. The van der Waals surface area contributed by atoms with E-state index in [0.717, 1.165) is 28.7 Å². The number of halogens is 6. The first-order valence-corrected chi connectivity index (χ1v) is 13.9. The van der Waals surface area contributed by atoms with Gasteiger partial charge in [-0.05, 0) is 84.7 Å². The molecule has 0 N–H and O–H groups in total. The Morgan fingerprint density at radius 3 is 2.30 bits per heavy atom. The van der Waals surface area contributed by atoms with Crippen molar-refractivity contribution < 1.29 is 45.3 Å². The second-order valence-corrected chi connectivity index (χ2v) is 11.9. The molecule has 2 heterocycles. The molecule has 2 aromatic rings. The van der Waals surface area contributed by atoms with Gasteiger partial charge in [-0.1, -0.05) is 13.8 Å². The normalized spacial score (nSPS) is 22.4. The Morgan fingerprint density at radius 2 is 1.72 bits per heavy atom. The van der Waals surface area contributed by atoms with Crippen LogP contribution in [0.15, 0.2) is 47.0 Å². The summed E-state index contributed by atoms with van der Waals surface area (Å²) in [6.45, 7) is 6.92. The summed E-state index contributed by atoms with van der Waals surface area (Å²) in [5.74, 6) is 1.15. The molecule has 2 atom stereocenters. The number of methoxy groups -OCH3 is 1. The fourth-order valence-electron chi connectivity index (χ4n) is 5.98. The first kappa shape index (κ1) is 30.7. The van der Waals surface area contributed by atoms with E-state index in [1.54, 1.807) is 14.0 Å². The molecule has 1 fully saturated rings. The minimum Gasteiger partial charge on any atom is -0.496 e. The molecule has 232 valence electrons. The van der Waals surface area contributed by atoms with Gasteiger partial charge >= 0.3 is 18.4 Å². The van der Waals surface area contributed by atoms with Crippen molar-refractivity contribution in [2.75, 3.05) is 26.8 Å². The number of alkyl halides is 6. The molecule has 2 aromatic carbocycles. The van der Waals surface area contributed by atoms with E-state index in [2.05, 4.69) is 18.8 Å². The van der Waals surface area contributed by atoms with Gasteiger partial charge < -0.3 is 14.2 Å². The number of cyclic esters (lactones) is 1. The first-order chi connectivity index (χ1) is 20.1. The van der Waals surface area contributed by atoms with Crippen LogP contribution < -0.4 is 4.74 Å². The van der Waals surface area contributed by atoms with E-state index in [1.807, 2.05) is 18.2 Å². The Bertz CT molecular complexity index is 1450. The average Bonchev–Trinajstić information content (AvgIpc) is 3.56. The standard InChI is InChI=1S/C31H32F6N2O4/c1-17-26(19-11-21(30(32,33)34)14-22(12-19)31(35,36)37)43-28(40)39(17)16-20-15-29(2,3)8-7-23(20)24-13-18(5-6-25(24)41-4)27-38-9-10-42-27/h5-6,11-14,17,26H,7-10,15-16H2,1-4H3. The topological polar surface area (TPSA) is 60.4 Å². The molecule has 1 amide bonds. The van der Waals surface area contributed by atoms with Crippen molar-refractivity contribution in [1.82, 2.24) is 4.90 Å². The summed E-state index contributed by atoms with van der Waals surface area (Å²) in [5.41, 5.74) is 0.0651. The third-order valence-corrected chi connectivity index (χ3v) is 8.22. The Labute approximate surface area is 245 Å². The van der Waals surface area contributed by atoms with Gasteiger partial charge in [0.15, 0.2) is 0 Å². The molecular weight excluding hydrogens is 578 g/mol. The van der Waals surface area contributed by atoms with Gasteiger partial charge in [-0.25, -0.2) is 9.79 Å². The molecule has 2 unspecified atom stereocenters.